The number of carbonyl (C=O) groups is 1. The highest BCUT2D eigenvalue weighted by Crippen LogP contribution is 2.21. The second-order valence-corrected chi connectivity index (χ2v) is 5.97. The smallest absolute Gasteiger partial charge is 0.254 e. The molecule has 0 saturated heterocycles. The van der Waals surface area contributed by atoms with Gasteiger partial charge in [0.1, 0.15) is 6.10 Å². The highest BCUT2D eigenvalue weighted by molar-refractivity contribution is 7.10. The van der Waals surface area contributed by atoms with Crippen LogP contribution in [0.15, 0.2) is 54.4 Å². The summed E-state index contributed by atoms with van der Waals surface area (Å²) >= 11 is 1.60. The topological polar surface area (TPSA) is 77.0 Å². The predicted octanol–water partition coefficient (Wildman–Crippen LogP) is 2.72. The Bertz CT molecular complexity index is 776. The van der Waals surface area contributed by atoms with Gasteiger partial charge in [-0.15, -0.1) is 11.3 Å². The lowest BCUT2D eigenvalue weighted by Crippen LogP contribution is -2.29. The van der Waals surface area contributed by atoms with Crippen LogP contribution in [0, 0.1) is 0 Å². The van der Waals surface area contributed by atoms with Crippen LogP contribution in [0.5, 0.6) is 0 Å². The molecule has 3 heterocycles. The van der Waals surface area contributed by atoms with E-state index in [1.807, 2.05) is 29.6 Å². The van der Waals surface area contributed by atoms with E-state index < -0.39 is 0 Å². The zero-order valence-corrected chi connectivity index (χ0v) is 13.9. The third-order valence-corrected chi connectivity index (χ3v) is 4.39. The Labute approximate surface area is 143 Å². The molecule has 3 aromatic rings. The molecule has 6 nitrogen and oxygen atoms in total. The molecule has 122 valence electrons. The van der Waals surface area contributed by atoms with E-state index in [9.17, 15) is 4.79 Å². The maximum atomic E-state index is 12.2. The first kappa shape index (κ1) is 16.2. The summed E-state index contributed by atoms with van der Waals surface area (Å²) in [4.78, 5) is 25.8. The van der Waals surface area contributed by atoms with E-state index in [0.29, 0.717) is 17.9 Å². The normalized spacial score (nSPS) is 11.9. The van der Waals surface area contributed by atoms with Crippen LogP contribution in [0.25, 0.3) is 11.4 Å². The van der Waals surface area contributed by atoms with Gasteiger partial charge in [0.2, 0.25) is 0 Å². The van der Waals surface area contributed by atoms with Crippen LogP contribution < -0.4 is 5.32 Å². The zero-order chi connectivity index (χ0) is 16.8. The van der Waals surface area contributed by atoms with E-state index in [1.165, 1.54) is 12.4 Å². The maximum Gasteiger partial charge on any atom is 0.254 e. The maximum absolute atomic E-state index is 12.2. The molecule has 24 heavy (non-hydrogen) atoms. The first-order valence-electron chi connectivity index (χ1n) is 7.35. The summed E-state index contributed by atoms with van der Waals surface area (Å²) < 4.78 is 5.42. The molecule has 0 aliphatic rings. The first-order valence-corrected chi connectivity index (χ1v) is 8.22. The molecule has 0 bridgehead atoms. The van der Waals surface area contributed by atoms with Gasteiger partial charge in [0.15, 0.2) is 5.82 Å². The number of aromatic nitrogens is 3. The average Bonchev–Trinajstić information content (AvgIpc) is 3.17. The molecule has 1 amide bonds. The molecule has 1 N–H and O–H groups in total. The number of hydrogen-bond donors (Lipinski definition) is 1. The molecule has 0 radical (unpaired) electrons. The van der Waals surface area contributed by atoms with Crippen LogP contribution in [0.1, 0.15) is 21.3 Å². The van der Waals surface area contributed by atoms with Crippen molar-refractivity contribution >= 4 is 17.2 Å². The van der Waals surface area contributed by atoms with Gasteiger partial charge in [-0.05, 0) is 23.6 Å². The van der Waals surface area contributed by atoms with Gasteiger partial charge in [-0.1, -0.05) is 6.07 Å². The van der Waals surface area contributed by atoms with Crippen LogP contribution in [-0.4, -0.2) is 34.5 Å². The van der Waals surface area contributed by atoms with E-state index >= 15 is 0 Å². The number of pyridine rings is 1. The van der Waals surface area contributed by atoms with E-state index in [0.717, 1.165) is 10.4 Å². The SMILES string of the molecule is COC(CNC(=O)c1cnc(-c2cccnc2)nc1)c1cccs1. The van der Waals surface area contributed by atoms with Crippen LogP contribution in [0.3, 0.4) is 0 Å². The van der Waals surface area contributed by atoms with E-state index in [4.69, 9.17) is 4.74 Å². The zero-order valence-electron chi connectivity index (χ0n) is 13.0. The Balaban J connectivity index is 1.63. The third-order valence-electron chi connectivity index (χ3n) is 3.43. The van der Waals surface area contributed by atoms with Crippen LogP contribution in [0.4, 0.5) is 0 Å². The minimum Gasteiger partial charge on any atom is -0.374 e. The van der Waals surface area contributed by atoms with E-state index in [-0.39, 0.29) is 12.0 Å². The standard InChI is InChI=1S/C17H16N4O2S/c1-23-14(15-5-3-7-24-15)11-21-17(22)13-9-19-16(20-10-13)12-4-2-6-18-8-12/h2-10,14H,11H2,1H3,(H,21,22). The monoisotopic (exact) mass is 340 g/mol. The fourth-order valence-corrected chi connectivity index (χ4v) is 2.95. The second-order valence-electron chi connectivity index (χ2n) is 4.99. The van der Waals surface area contributed by atoms with Crippen LogP contribution >= 0.6 is 11.3 Å². The minimum atomic E-state index is -0.230. The molecule has 0 aliphatic heterocycles. The van der Waals surface area contributed by atoms with Crippen molar-refractivity contribution in [3.63, 3.8) is 0 Å². The van der Waals surface area contributed by atoms with Gasteiger partial charge < -0.3 is 10.1 Å². The number of nitrogens with one attached hydrogen (secondary N) is 1. The molecular formula is C17H16N4O2S. The second kappa shape index (κ2) is 7.76. The van der Waals surface area contributed by atoms with Crippen LogP contribution in [0.2, 0.25) is 0 Å². The van der Waals surface area contributed by atoms with Crippen molar-refractivity contribution in [2.24, 2.45) is 0 Å². The number of methoxy groups -OCH3 is 1. The molecule has 3 rings (SSSR count). The molecule has 7 heteroatoms. The van der Waals surface area contributed by atoms with Gasteiger partial charge in [0, 0.05) is 48.9 Å². The predicted molar refractivity (Wildman–Crippen MR) is 91.7 cm³/mol. The molecule has 1 atom stereocenters. The van der Waals surface area contributed by atoms with Crippen molar-refractivity contribution in [2.45, 2.75) is 6.10 Å². The molecule has 0 spiro atoms. The lowest BCUT2D eigenvalue weighted by atomic mass is 10.2. The highest BCUT2D eigenvalue weighted by Gasteiger charge is 2.14. The van der Waals surface area contributed by atoms with E-state index in [1.54, 1.807) is 30.8 Å². The average molecular weight is 340 g/mol. The number of amides is 1. The number of nitrogens with zero attached hydrogens (tertiary/aromatic N) is 3. The summed E-state index contributed by atoms with van der Waals surface area (Å²) in [5.74, 6) is 0.305. The largest absolute Gasteiger partial charge is 0.374 e. The van der Waals surface area contributed by atoms with Gasteiger partial charge >= 0.3 is 0 Å². The number of carbonyl (C=O) groups excluding carboxylic acids is 1. The number of rotatable bonds is 6. The van der Waals surface area contributed by atoms with Crippen molar-refractivity contribution in [1.29, 1.82) is 0 Å². The summed E-state index contributed by atoms with van der Waals surface area (Å²) in [6.07, 6.45) is 6.23. The van der Waals surface area contributed by atoms with Gasteiger partial charge in [-0.3, -0.25) is 9.78 Å². The Morgan fingerprint density at radius 3 is 2.71 bits per heavy atom. The van der Waals surface area contributed by atoms with Crippen molar-refractivity contribution in [3.8, 4) is 11.4 Å². The molecule has 0 aromatic carbocycles. The molecular weight excluding hydrogens is 324 g/mol. The number of thiophene rings is 1. The third kappa shape index (κ3) is 3.81. The van der Waals surface area contributed by atoms with Gasteiger partial charge in [0.25, 0.3) is 5.91 Å². The van der Waals surface area contributed by atoms with Crippen molar-refractivity contribution in [2.75, 3.05) is 13.7 Å². The van der Waals surface area contributed by atoms with Gasteiger partial charge in [-0.25, -0.2) is 9.97 Å². The van der Waals surface area contributed by atoms with Gasteiger partial charge in [0.05, 0.1) is 5.56 Å². The van der Waals surface area contributed by atoms with Crippen molar-refractivity contribution < 1.29 is 9.53 Å². The number of ether oxygens (including phenoxy) is 1. The number of hydrogen-bond acceptors (Lipinski definition) is 6. The summed E-state index contributed by atoms with van der Waals surface area (Å²) in [5, 5.41) is 4.83. The summed E-state index contributed by atoms with van der Waals surface area (Å²) in [5.41, 5.74) is 1.21. The van der Waals surface area contributed by atoms with Crippen molar-refractivity contribution in [1.82, 2.24) is 20.3 Å². The summed E-state index contributed by atoms with van der Waals surface area (Å²) in [7, 11) is 1.63. The quantitative estimate of drug-likeness (QED) is 0.746. The Morgan fingerprint density at radius 2 is 2.08 bits per heavy atom. The highest BCUT2D eigenvalue weighted by atomic mass is 32.1. The summed E-state index contributed by atoms with van der Waals surface area (Å²) in [6, 6.07) is 7.62. The molecule has 0 aliphatic carbocycles. The summed E-state index contributed by atoms with van der Waals surface area (Å²) in [6.45, 7) is 0.389. The van der Waals surface area contributed by atoms with Crippen molar-refractivity contribution in [3.05, 3.63) is 64.9 Å². The first-order chi connectivity index (χ1) is 11.8. The van der Waals surface area contributed by atoms with Gasteiger partial charge in [-0.2, -0.15) is 0 Å². The van der Waals surface area contributed by atoms with Crippen LogP contribution in [-0.2, 0) is 4.74 Å². The lowest BCUT2D eigenvalue weighted by Gasteiger charge is -2.14. The molecule has 0 saturated carbocycles. The Morgan fingerprint density at radius 1 is 1.25 bits per heavy atom. The Hall–Kier alpha value is -2.64. The molecule has 3 aromatic heterocycles. The van der Waals surface area contributed by atoms with E-state index in [2.05, 4.69) is 20.3 Å². The molecule has 0 fully saturated rings. The Kier molecular flexibility index (Phi) is 5.25. The lowest BCUT2D eigenvalue weighted by molar-refractivity contribution is 0.0837. The fourth-order valence-electron chi connectivity index (χ4n) is 2.15. The fraction of sp³-hybridized carbons (Fsp3) is 0.176. The minimum absolute atomic E-state index is 0.162. The molecule has 1 unspecified atom stereocenters.